The maximum Gasteiger partial charge on any atom is 0.200 e. The van der Waals surface area contributed by atoms with Crippen molar-refractivity contribution in [2.75, 3.05) is 21.3 Å². The third-order valence-electron chi connectivity index (χ3n) is 2.92. The number of hydrogen-bond donors (Lipinski definition) is 0. The third-order valence-corrected chi connectivity index (χ3v) is 2.92. The Hall–Kier alpha value is -1.04. The van der Waals surface area contributed by atoms with Crippen molar-refractivity contribution in [3.63, 3.8) is 0 Å². The summed E-state index contributed by atoms with van der Waals surface area (Å²) in [5.74, 6) is 1.27. The molecule has 1 aromatic rings. The van der Waals surface area contributed by atoms with Crippen molar-refractivity contribution in [1.29, 1.82) is 0 Å². The van der Waals surface area contributed by atoms with E-state index in [4.69, 9.17) is 14.2 Å². The first-order chi connectivity index (χ1) is 8.30. The number of methoxy groups -OCH3 is 3. The highest BCUT2D eigenvalue weighted by molar-refractivity contribution is 5.07. The second-order valence-corrected chi connectivity index (χ2v) is 4.14. The lowest BCUT2D eigenvalue weighted by Crippen LogP contribution is -2.13. The van der Waals surface area contributed by atoms with Crippen molar-refractivity contribution in [3.05, 3.63) is 23.8 Å². The Morgan fingerprint density at radius 3 is 2.41 bits per heavy atom. The van der Waals surface area contributed by atoms with Crippen LogP contribution in [0.25, 0.3) is 0 Å². The summed E-state index contributed by atoms with van der Waals surface area (Å²) in [6.45, 7) is 0. The second-order valence-electron chi connectivity index (χ2n) is 4.14. The van der Waals surface area contributed by atoms with Crippen molar-refractivity contribution in [2.24, 2.45) is 5.92 Å². The number of ether oxygens (including phenoxy) is 3. The van der Waals surface area contributed by atoms with E-state index >= 15 is 0 Å². The van der Waals surface area contributed by atoms with Gasteiger partial charge in [0.25, 0.3) is 0 Å². The maximum absolute atomic E-state index is 5.46. The van der Waals surface area contributed by atoms with Gasteiger partial charge in [0.2, 0.25) is 6.29 Å². The van der Waals surface area contributed by atoms with Crippen LogP contribution in [0.15, 0.2) is 12.3 Å². The first kappa shape index (κ1) is 12.4. The van der Waals surface area contributed by atoms with Gasteiger partial charge in [0.05, 0.1) is 0 Å². The molecule has 2 rings (SSSR count). The van der Waals surface area contributed by atoms with Crippen molar-refractivity contribution >= 4 is 0 Å². The van der Waals surface area contributed by atoms with Crippen molar-refractivity contribution < 1.29 is 14.2 Å². The Kier molecular flexibility index (Phi) is 4.04. The molecule has 1 aliphatic carbocycles. The molecule has 1 heterocycles. The minimum Gasteiger partial charge on any atom is -0.373 e. The smallest absolute Gasteiger partial charge is 0.200 e. The predicted octanol–water partition coefficient (Wildman–Crippen LogP) is 1.87. The first-order valence-corrected chi connectivity index (χ1v) is 5.71. The average molecular weight is 238 g/mol. The third kappa shape index (κ3) is 2.80. The van der Waals surface area contributed by atoms with Gasteiger partial charge >= 0.3 is 0 Å². The molecular formula is C12H18N2O3. The number of nitrogens with zero attached hydrogens (tertiary/aromatic N) is 2. The maximum atomic E-state index is 5.46. The van der Waals surface area contributed by atoms with E-state index in [0.29, 0.717) is 11.7 Å². The van der Waals surface area contributed by atoms with E-state index < -0.39 is 6.29 Å². The van der Waals surface area contributed by atoms with Crippen LogP contribution in [0, 0.1) is 5.92 Å². The number of hydrogen-bond acceptors (Lipinski definition) is 5. The van der Waals surface area contributed by atoms with Gasteiger partial charge in [-0.1, -0.05) is 0 Å². The fourth-order valence-electron chi connectivity index (χ4n) is 1.90. The number of aromatic nitrogens is 2. The molecule has 94 valence electrons. The van der Waals surface area contributed by atoms with Crippen LogP contribution in [-0.4, -0.2) is 31.3 Å². The van der Waals surface area contributed by atoms with E-state index in [2.05, 4.69) is 9.97 Å². The van der Waals surface area contributed by atoms with Crippen LogP contribution in [0.1, 0.15) is 36.8 Å². The van der Waals surface area contributed by atoms with Crippen molar-refractivity contribution in [3.8, 4) is 0 Å². The van der Waals surface area contributed by atoms with E-state index in [1.165, 1.54) is 12.8 Å². The van der Waals surface area contributed by atoms with E-state index in [0.717, 1.165) is 5.69 Å². The lowest BCUT2D eigenvalue weighted by atomic mass is 10.2. The quantitative estimate of drug-likeness (QED) is 0.708. The summed E-state index contributed by atoms with van der Waals surface area (Å²) < 4.78 is 15.8. The molecule has 0 saturated heterocycles. The molecule has 17 heavy (non-hydrogen) atoms. The zero-order chi connectivity index (χ0) is 12.3. The highest BCUT2D eigenvalue weighted by atomic mass is 16.7. The fraction of sp³-hybridized carbons (Fsp3) is 0.667. The molecule has 0 amide bonds. The molecule has 0 bridgehead atoms. The zero-order valence-corrected chi connectivity index (χ0v) is 10.4. The highest BCUT2D eigenvalue weighted by Gasteiger charge is 2.34. The van der Waals surface area contributed by atoms with Gasteiger partial charge in [-0.3, -0.25) is 0 Å². The first-order valence-electron chi connectivity index (χ1n) is 5.71. The van der Waals surface area contributed by atoms with Crippen molar-refractivity contribution in [1.82, 2.24) is 9.97 Å². The van der Waals surface area contributed by atoms with E-state index in [-0.39, 0.29) is 6.10 Å². The van der Waals surface area contributed by atoms with Gasteiger partial charge in [0.15, 0.2) is 5.82 Å². The Morgan fingerprint density at radius 1 is 1.18 bits per heavy atom. The molecule has 0 radical (unpaired) electrons. The van der Waals surface area contributed by atoms with Crippen LogP contribution in [-0.2, 0) is 14.2 Å². The lowest BCUT2D eigenvalue weighted by molar-refractivity contribution is -0.109. The Balaban J connectivity index is 2.20. The Labute approximate surface area is 101 Å². The summed E-state index contributed by atoms with van der Waals surface area (Å²) in [5.41, 5.74) is 0.725. The van der Waals surface area contributed by atoms with Gasteiger partial charge in [0, 0.05) is 27.5 Å². The molecular weight excluding hydrogens is 220 g/mol. The highest BCUT2D eigenvalue weighted by Crippen LogP contribution is 2.41. The van der Waals surface area contributed by atoms with Crippen LogP contribution in [0.3, 0.4) is 0 Å². The second kappa shape index (κ2) is 5.53. The molecule has 0 spiro atoms. The van der Waals surface area contributed by atoms with Gasteiger partial charge in [-0.25, -0.2) is 9.97 Å². The largest absolute Gasteiger partial charge is 0.373 e. The van der Waals surface area contributed by atoms with Gasteiger partial charge in [-0.2, -0.15) is 0 Å². The van der Waals surface area contributed by atoms with Crippen molar-refractivity contribution in [2.45, 2.75) is 25.2 Å². The minimum absolute atomic E-state index is 0.00990. The summed E-state index contributed by atoms with van der Waals surface area (Å²) in [6.07, 6.45) is 3.63. The van der Waals surface area contributed by atoms with E-state index in [1.807, 2.05) is 0 Å². The fourth-order valence-corrected chi connectivity index (χ4v) is 1.90. The topological polar surface area (TPSA) is 53.5 Å². The van der Waals surface area contributed by atoms with Crippen LogP contribution < -0.4 is 0 Å². The molecule has 5 nitrogen and oxygen atoms in total. The molecule has 1 atom stereocenters. The van der Waals surface area contributed by atoms with E-state index in [9.17, 15) is 0 Å². The monoisotopic (exact) mass is 238 g/mol. The molecule has 1 aliphatic rings. The van der Waals surface area contributed by atoms with Crippen LogP contribution >= 0.6 is 0 Å². The summed E-state index contributed by atoms with van der Waals surface area (Å²) in [7, 11) is 4.87. The number of rotatable bonds is 6. The van der Waals surface area contributed by atoms with Gasteiger partial charge < -0.3 is 14.2 Å². The molecule has 0 aliphatic heterocycles. The normalized spacial score (nSPS) is 17.4. The summed E-state index contributed by atoms with van der Waals surface area (Å²) in [5, 5.41) is 0. The molecule has 1 saturated carbocycles. The summed E-state index contributed by atoms with van der Waals surface area (Å²) in [6, 6.07) is 1.79. The molecule has 1 fully saturated rings. The van der Waals surface area contributed by atoms with Gasteiger partial charge in [0.1, 0.15) is 11.8 Å². The molecule has 1 unspecified atom stereocenters. The van der Waals surface area contributed by atoms with Gasteiger partial charge in [-0.05, 0) is 24.8 Å². The van der Waals surface area contributed by atoms with E-state index in [1.54, 1.807) is 33.6 Å². The van der Waals surface area contributed by atoms with Crippen LogP contribution in [0.5, 0.6) is 0 Å². The minimum atomic E-state index is -0.451. The molecule has 1 aromatic heterocycles. The lowest BCUT2D eigenvalue weighted by Gasteiger charge is -2.16. The average Bonchev–Trinajstić information content (AvgIpc) is 3.17. The Morgan fingerprint density at radius 2 is 1.88 bits per heavy atom. The van der Waals surface area contributed by atoms with Gasteiger partial charge in [-0.15, -0.1) is 0 Å². The molecule has 0 aromatic carbocycles. The molecule has 0 N–H and O–H groups in total. The Bertz CT molecular complexity index is 365. The summed E-state index contributed by atoms with van der Waals surface area (Å²) >= 11 is 0. The predicted molar refractivity (Wildman–Crippen MR) is 61.3 cm³/mol. The standard InChI is InChI=1S/C12H18N2O3/c1-15-10(8-4-5-8)11-13-7-6-9(14-11)12(16-2)17-3/h6-8,10,12H,4-5H2,1-3H3. The SMILES string of the molecule is COC(OC)c1ccnc(C(OC)C2CC2)n1. The zero-order valence-electron chi connectivity index (χ0n) is 10.4. The molecule has 5 heteroatoms. The summed E-state index contributed by atoms with van der Waals surface area (Å²) in [4.78, 5) is 8.74. The van der Waals surface area contributed by atoms with Crippen LogP contribution in [0.2, 0.25) is 0 Å². The van der Waals surface area contributed by atoms with Crippen LogP contribution in [0.4, 0.5) is 0 Å².